The first-order valence-corrected chi connectivity index (χ1v) is 11.2. The molecule has 35 heavy (non-hydrogen) atoms. The van der Waals surface area contributed by atoms with Crippen LogP contribution in [-0.4, -0.2) is 33.1 Å². The Balaban J connectivity index is 1.60. The highest BCUT2D eigenvalue weighted by Gasteiger charge is 2.31. The van der Waals surface area contributed by atoms with Crippen molar-refractivity contribution in [1.29, 1.82) is 0 Å². The van der Waals surface area contributed by atoms with Crippen LogP contribution in [0, 0.1) is 13.8 Å². The number of carboxylic acids is 1. The van der Waals surface area contributed by atoms with Crippen LogP contribution in [0.3, 0.4) is 0 Å². The summed E-state index contributed by atoms with van der Waals surface area (Å²) in [6, 6.07) is 10.1. The summed E-state index contributed by atoms with van der Waals surface area (Å²) in [4.78, 5) is 11.3. The molecule has 0 aliphatic heterocycles. The first kappa shape index (κ1) is 26.1. The maximum Gasteiger partial charge on any atom is 0.416 e. The molecule has 0 fully saturated rings. The van der Waals surface area contributed by atoms with E-state index in [-0.39, 0.29) is 5.92 Å². The molecular formula is C26H29F3N2O4. The first-order valence-electron chi connectivity index (χ1n) is 11.2. The number of carbonyl (C=O) groups is 1. The predicted molar refractivity (Wildman–Crippen MR) is 125 cm³/mol. The van der Waals surface area contributed by atoms with Gasteiger partial charge in [0.1, 0.15) is 11.5 Å². The van der Waals surface area contributed by atoms with E-state index in [1.54, 1.807) is 22.9 Å². The van der Waals surface area contributed by atoms with Gasteiger partial charge in [-0.05, 0) is 93.6 Å². The summed E-state index contributed by atoms with van der Waals surface area (Å²) in [6.07, 6.45) is -1.84. The molecule has 0 saturated carbocycles. The number of carboxylic acid groups (broad SMARTS) is 1. The number of rotatable bonds is 9. The molecule has 0 aliphatic rings. The average Bonchev–Trinajstić information content (AvgIpc) is 3.16. The maximum absolute atomic E-state index is 12.8. The number of ether oxygens (including phenoxy) is 2. The fourth-order valence-corrected chi connectivity index (χ4v) is 3.55. The van der Waals surface area contributed by atoms with E-state index in [4.69, 9.17) is 9.47 Å². The lowest BCUT2D eigenvalue weighted by molar-refractivity contribution is -0.152. The van der Waals surface area contributed by atoms with Gasteiger partial charge in [-0.25, -0.2) is 9.48 Å². The van der Waals surface area contributed by atoms with Crippen molar-refractivity contribution in [1.82, 2.24) is 9.78 Å². The summed E-state index contributed by atoms with van der Waals surface area (Å²) < 4.78 is 51.5. The van der Waals surface area contributed by atoms with Crippen molar-refractivity contribution in [2.45, 2.75) is 58.7 Å². The fourth-order valence-electron chi connectivity index (χ4n) is 3.55. The third-order valence-corrected chi connectivity index (χ3v) is 5.77. The maximum atomic E-state index is 12.8. The molecule has 2 aromatic carbocycles. The molecule has 9 heteroatoms. The third kappa shape index (κ3) is 6.35. The van der Waals surface area contributed by atoms with Gasteiger partial charge in [0.25, 0.3) is 0 Å². The molecule has 188 valence electrons. The van der Waals surface area contributed by atoms with Crippen LogP contribution >= 0.6 is 0 Å². The van der Waals surface area contributed by atoms with Crippen LogP contribution in [0.25, 0.3) is 5.69 Å². The Morgan fingerprint density at radius 1 is 1.11 bits per heavy atom. The van der Waals surface area contributed by atoms with Gasteiger partial charge in [-0.2, -0.15) is 18.3 Å². The minimum Gasteiger partial charge on any atom is -0.494 e. The first-order chi connectivity index (χ1) is 16.3. The van der Waals surface area contributed by atoms with Crippen LogP contribution in [0.1, 0.15) is 55.5 Å². The molecular weight excluding hydrogens is 461 g/mol. The van der Waals surface area contributed by atoms with E-state index in [9.17, 15) is 23.1 Å². The molecule has 0 bridgehead atoms. The highest BCUT2D eigenvalue weighted by Crippen LogP contribution is 2.31. The number of hydrogen-bond donors (Lipinski definition) is 1. The Morgan fingerprint density at radius 3 is 2.34 bits per heavy atom. The van der Waals surface area contributed by atoms with Crippen LogP contribution in [0.2, 0.25) is 0 Å². The second-order valence-corrected chi connectivity index (χ2v) is 9.04. The number of alkyl halides is 3. The topological polar surface area (TPSA) is 73.6 Å². The molecule has 1 atom stereocenters. The highest BCUT2D eigenvalue weighted by molar-refractivity contribution is 5.76. The standard InChI is InChI=1S/C26H29F3N2O4/c1-16(12-13-34-21-10-11-23(17(2)14-21)35-25(4,5)24(32)33)22-15-31(30-18(22)3)20-8-6-19(7-9-20)26(27,28)29/h6-11,14-16H,12-13H2,1-5H3,(H,32,33). The van der Waals surface area contributed by atoms with Gasteiger partial charge in [0.2, 0.25) is 0 Å². The molecule has 0 aliphatic carbocycles. The number of halogens is 3. The quantitative estimate of drug-likeness (QED) is 0.380. The smallest absolute Gasteiger partial charge is 0.416 e. The largest absolute Gasteiger partial charge is 0.494 e. The number of aryl methyl sites for hydroxylation is 2. The lowest BCUT2D eigenvalue weighted by Gasteiger charge is -2.23. The van der Waals surface area contributed by atoms with Gasteiger partial charge in [-0.3, -0.25) is 0 Å². The van der Waals surface area contributed by atoms with E-state index in [0.29, 0.717) is 30.2 Å². The monoisotopic (exact) mass is 490 g/mol. The summed E-state index contributed by atoms with van der Waals surface area (Å²) in [7, 11) is 0. The van der Waals surface area contributed by atoms with Crippen molar-refractivity contribution in [2.75, 3.05) is 6.61 Å². The van der Waals surface area contributed by atoms with Crippen molar-refractivity contribution in [3.05, 3.63) is 71.0 Å². The number of hydrogen-bond acceptors (Lipinski definition) is 4. The van der Waals surface area contributed by atoms with Gasteiger partial charge in [0.05, 0.1) is 23.6 Å². The normalized spacial score (nSPS) is 12.9. The molecule has 0 saturated heterocycles. The number of benzene rings is 2. The van der Waals surface area contributed by atoms with Gasteiger partial charge in [0, 0.05) is 6.20 Å². The Bertz CT molecular complexity index is 1180. The second-order valence-electron chi connectivity index (χ2n) is 9.04. The summed E-state index contributed by atoms with van der Waals surface area (Å²) in [5.41, 5.74) is 1.07. The van der Waals surface area contributed by atoms with Crippen LogP contribution in [-0.2, 0) is 11.0 Å². The van der Waals surface area contributed by atoms with E-state index in [1.807, 2.05) is 27.0 Å². The summed E-state index contributed by atoms with van der Waals surface area (Å²) in [6.45, 7) is 9.15. The van der Waals surface area contributed by atoms with Crippen molar-refractivity contribution < 1.29 is 32.5 Å². The summed E-state index contributed by atoms with van der Waals surface area (Å²) >= 11 is 0. The molecule has 3 aromatic rings. The Morgan fingerprint density at radius 2 is 1.77 bits per heavy atom. The molecule has 1 aromatic heterocycles. The Kier molecular flexibility index (Phi) is 7.47. The van der Waals surface area contributed by atoms with E-state index in [0.717, 1.165) is 29.0 Å². The van der Waals surface area contributed by atoms with Gasteiger partial charge in [-0.15, -0.1) is 0 Å². The zero-order valence-corrected chi connectivity index (χ0v) is 20.3. The molecule has 1 unspecified atom stereocenters. The zero-order chi connectivity index (χ0) is 26.0. The van der Waals surface area contributed by atoms with Crippen molar-refractivity contribution >= 4 is 5.97 Å². The van der Waals surface area contributed by atoms with E-state index < -0.39 is 23.3 Å². The average molecular weight is 491 g/mol. The van der Waals surface area contributed by atoms with Crippen molar-refractivity contribution in [3.8, 4) is 17.2 Å². The van der Waals surface area contributed by atoms with Crippen LogP contribution in [0.4, 0.5) is 13.2 Å². The molecule has 0 radical (unpaired) electrons. The lowest BCUT2D eigenvalue weighted by atomic mass is 9.99. The third-order valence-electron chi connectivity index (χ3n) is 5.77. The Hall–Kier alpha value is -3.49. The van der Waals surface area contributed by atoms with Crippen molar-refractivity contribution in [3.63, 3.8) is 0 Å². The molecule has 0 spiro atoms. The summed E-state index contributed by atoms with van der Waals surface area (Å²) in [5, 5.41) is 13.7. The second kappa shape index (κ2) is 10.0. The van der Waals surface area contributed by atoms with E-state index in [2.05, 4.69) is 5.10 Å². The molecule has 1 heterocycles. The minimum atomic E-state index is -4.38. The SMILES string of the molecule is Cc1cc(OCCC(C)c2cn(-c3ccc(C(F)(F)F)cc3)nc2C)ccc1OC(C)(C)C(=O)O. The van der Waals surface area contributed by atoms with Gasteiger partial charge in [-0.1, -0.05) is 6.92 Å². The zero-order valence-electron chi connectivity index (χ0n) is 20.3. The lowest BCUT2D eigenvalue weighted by Crippen LogP contribution is -2.38. The predicted octanol–water partition coefficient (Wildman–Crippen LogP) is 6.32. The van der Waals surface area contributed by atoms with E-state index in [1.165, 1.54) is 26.0 Å². The fraction of sp³-hybridized carbons (Fsp3) is 0.385. The van der Waals surface area contributed by atoms with Gasteiger partial charge < -0.3 is 14.6 Å². The molecule has 1 N–H and O–H groups in total. The molecule has 0 amide bonds. The number of nitrogens with zero attached hydrogens (tertiary/aromatic N) is 2. The molecule has 3 rings (SSSR count). The van der Waals surface area contributed by atoms with Crippen LogP contribution in [0.15, 0.2) is 48.7 Å². The van der Waals surface area contributed by atoms with Crippen molar-refractivity contribution in [2.24, 2.45) is 0 Å². The highest BCUT2D eigenvalue weighted by atomic mass is 19.4. The Labute approximate surface area is 202 Å². The number of aliphatic carboxylic acids is 1. The minimum absolute atomic E-state index is 0.110. The molecule has 6 nitrogen and oxygen atoms in total. The van der Waals surface area contributed by atoms with Crippen LogP contribution < -0.4 is 9.47 Å². The van der Waals surface area contributed by atoms with Gasteiger partial charge in [0.15, 0.2) is 5.60 Å². The van der Waals surface area contributed by atoms with E-state index >= 15 is 0 Å². The number of aromatic nitrogens is 2. The summed E-state index contributed by atoms with van der Waals surface area (Å²) in [5.74, 6) is 0.179. The van der Waals surface area contributed by atoms with Gasteiger partial charge >= 0.3 is 12.1 Å². The van der Waals surface area contributed by atoms with Crippen LogP contribution in [0.5, 0.6) is 11.5 Å².